The van der Waals surface area contributed by atoms with Crippen LogP contribution < -0.4 is 5.32 Å². The second-order valence-electron chi connectivity index (χ2n) is 5.46. The second-order valence-corrected chi connectivity index (χ2v) is 5.46. The maximum Gasteiger partial charge on any atom is 0.147 e. The minimum Gasteiger partial charge on any atom is -0.366 e. The molecule has 20 heavy (non-hydrogen) atoms. The van der Waals surface area contributed by atoms with Crippen molar-refractivity contribution in [1.82, 2.24) is 15.1 Å². The van der Waals surface area contributed by atoms with Crippen LogP contribution in [0.5, 0.6) is 0 Å². The van der Waals surface area contributed by atoms with Crippen LogP contribution in [0.3, 0.4) is 0 Å². The van der Waals surface area contributed by atoms with Gasteiger partial charge in [-0.1, -0.05) is 30.3 Å². The third-order valence-corrected chi connectivity index (χ3v) is 4.00. The van der Waals surface area contributed by atoms with E-state index in [1.54, 1.807) is 0 Å². The fourth-order valence-corrected chi connectivity index (χ4v) is 2.78. The molecule has 2 heterocycles. The molecule has 0 spiro atoms. The fraction of sp³-hybridized carbons (Fsp3) is 0.438. The number of hydrogen-bond donors (Lipinski definition) is 2. The monoisotopic (exact) mass is 270 g/mol. The van der Waals surface area contributed by atoms with Crippen LogP contribution in [-0.4, -0.2) is 40.8 Å². The molecule has 1 aliphatic rings. The number of aromatic amines is 1. The lowest BCUT2D eigenvalue weighted by Crippen LogP contribution is -2.40. The highest BCUT2D eigenvalue weighted by Gasteiger charge is 2.19. The number of nitrogens with one attached hydrogen (secondary N) is 2. The van der Waals surface area contributed by atoms with Crippen molar-refractivity contribution in [3.8, 4) is 0 Å². The first-order chi connectivity index (χ1) is 9.90. The van der Waals surface area contributed by atoms with Crippen molar-refractivity contribution < 1.29 is 0 Å². The Morgan fingerprint density at radius 2 is 1.95 bits per heavy atom. The van der Waals surface area contributed by atoms with E-state index in [4.69, 9.17) is 0 Å². The molecule has 0 atom stereocenters. The van der Waals surface area contributed by atoms with Gasteiger partial charge in [0.05, 0.1) is 0 Å². The molecule has 1 aromatic carbocycles. The van der Waals surface area contributed by atoms with E-state index in [1.165, 1.54) is 38.0 Å². The van der Waals surface area contributed by atoms with E-state index >= 15 is 0 Å². The Kier molecular flexibility index (Phi) is 4.33. The summed E-state index contributed by atoms with van der Waals surface area (Å²) in [4.78, 5) is 2.57. The molecule has 3 rings (SSSR count). The fourth-order valence-electron chi connectivity index (χ4n) is 2.78. The van der Waals surface area contributed by atoms with Crippen LogP contribution >= 0.6 is 0 Å². The number of rotatable bonds is 5. The van der Waals surface area contributed by atoms with Gasteiger partial charge in [-0.3, -0.25) is 5.10 Å². The first kappa shape index (κ1) is 13.2. The molecule has 0 bridgehead atoms. The molecule has 1 fully saturated rings. The quantitative estimate of drug-likeness (QED) is 0.877. The smallest absolute Gasteiger partial charge is 0.147 e. The van der Waals surface area contributed by atoms with Gasteiger partial charge >= 0.3 is 0 Å². The predicted octanol–water partition coefficient (Wildman–Crippen LogP) is 2.53. The summed E-state index contributed by atoms with van der Waals surface area (Å²) in [6, 6.07) is 13.3. The van der Waals surface area contributed by atoms with Gasteiger partial charge in [0, 0.05) is 31.9 Å². The summed E-state index contributed by atoms with van der Waals surface area (Å²) in [6.45, 7) is 3.52. The third kappa shape index (κ3) is 3.61. The lowest BCUT2D eigenvalue weighted by atomic mass is 10.0. The maximum absolute atomic E-state index is 4.16. The Labute approximate surface area is 120 Å². The minimum absolute atomic E-state index is 0.561. The largest absolute Gasteiger partial charge is 0.366 e. The van der Waals surface area contributed by atoms with E-state index in [0.29, 0.717) is 6.04 Å². The SMILES string of the molecule is c1ccc(CCN2CCC(Nc3cc[nH]n3)CC2)cc1. The molecule has 0 unspecified atom stereocenters. The first-order valence-corrected chi connectivity index (χ1v) is 7.43. The number of H-pyrrole nitrogens is 1. The molecule has 106 valence electrons. The van der Waals surface area contributed by atoms with Crippen molar-refractivity contribution in [1.29, 1.82) is 0 Å². The molecule has 2 N–H and O–H groups in total. The number of aromatic nitrogens is 2. The highest BCUT2D eigenvalue weighted by Crippen LogP contribution is 2.15. The van der Waals surface area contributed by atoms with Crippen molar-refractivity contribution in [3.05, 3.63) is 48.2 Å². The molecule has 4 nitrogen and oxygen atoms in total. The first-order valence-electron chi connectivity index (χ1n) is 7.43. The Morgan fingerprint density at radius 1 is 1.15 bits per heavy atom. The topological polar surface area (TPSA) is 44.0 Å². The van der Waals surface area contributed by atoms with Gasteiger partial charge in [0.1, 0.15) is 5.82 Å². The van der Waals surface area contributed by atoms with Crippen LogP contribution in [-0.2, 0) is 6.42 Å². The standard InChI is InChI=1S/C16H22N4/c1-2-4-14(5-3-1)7-11-20-12-8-15(9-13-20)18-16-6-10-17-19-16/h1-6,10,15H,7-9,11-13H2,(H2,17,18,19). The average Bonchev–Trinajstić information content (AvgIpc) is 3.01. The normalized spacial score (nSPS) is 17.2. The molecular formula is C16H22N4. The molecule has 2 aromatic rings. The van der Waals surface area contributed by atoms with Crippen LogP contribution in [0, 0.1) is 0 Å². The summed E-state index contributed by atoms with van der Waals surface area (Å²) in [5.74, 6) is 0.965. The molecule has 0 amide bonds. The predicted molar refractivity (Wildman–Crippen MR) is 81.8 cm³/mol. The summed E-state index contributed by atoms with van der Waals surface area (Å²) in [6.07, 6.45) is 5.40. The lowest BCUT2D eigenvalue weighted by molar-refractivity contribution is 0.221. The summed E-state index contributed by atoms with van der Waals surface area (Å²) >= 11 is 0. The number of hydrogen-bond acceptors (Lipinski definition) is 3. The van der Waals surface area contributed by atoms with Crippen molar-refractivity contribution in [2.24, 2.45) is 0 Å². The van der Waals surface area contributed by atoms with Gasteiger partial charge in [-0.25, -0.2) is 0 Å². The van der Waals surface area contributed by atoms with Crippen LogP contribution in [0.25, 0.3) is 0 Å². The Balaban J connectivity index is 1.40. The Hall–Kier alpha value is -1.81. The molecular weight excluding hydrogens is 248 g/mol. The summed E-state index contributed by atoms with van der Waals surface area (Å²) in [7, 11) is 0. The summed E-state index contributed by atoms with van der Waals surface area (Å²) in [5.41, 5.74) is 1.43. The number of benzene rings is 1. The van der Waals surface area contributed by atoms with Gasteiger partial charge in [0.25, 0.3) is 0 Å². The van der Waals surface area contributed by atoms with E-state index in [1.807, 2.05) is 12.3 Å². The van der Waals surface area contributed by atoms with Crippen LogP contribution in [0.1, 0.15) is 18.4 Å². The van der Waals surface area contributed by atoms with Crippen molar-refractivity contribution in [2.75, 3.05) is 25.0 Å². The highest BCUT2D eigenvalue weighted by molar-refractivity contribution is 5.33. The van der Waals surface area contributed by atoms with Crippen LogP contribution in [0.2, 0.25) is 0 Å². The third-order valence-electron chi connectivity index (χ3n) is 4.00. The summed E-state index contributed by atoms with van der Waals surface area (Å²) < 4.78 is 0. The molecule has 1 aliphatic heterocycles. The van der Waals surface area contributed by atoms with Gasteiger partial charge < -0.3 is 10.2 Å². The highest BCUT2D eigenvalue weighted by atomic mass is 15.2. The Bertz CT molecular complexity index is 486. The van der Waals surface area contributed by atoms with Crippen LogP contribution in [0.4, 0.5) is 5.82 Å². The van der Waals surface area contributed by atoms with Gasteiger partial charge in [-0.2, -0.15) is 5.10 Å². The van der Waals surface area contributed by atoms with E-state index < -0.39 is 0 Å². The molecule has 0 radical (unpaired) electrons. The van der Waals surface area contributed by atoms with E-state index in [-0.39, 0.29) is 0 Å². The molecule has 1 saturated heterocycles. The number of piperidine rings is 1. The number of nitrogens with zero attached hydrogens (tertiary/aromatic N) is 2. The average molecular weight is 270 g/mol. The van der Waals surface area contributed by atoms with Crippen LogP contribution in [0.15, 0.2) is 42.6 Å². The maximum atomic E-state index is 4.16. The van der Waals surface area contributed by atoms with Crippen molar-refractivity contribution >= 4 is 5.82 Å². The zero-order chi connectivity index (χ0) is 13.6. The minimum atomic E-state index is 0.561. The summed E-state index contributed by atoms with van der Waals surface area (Å²) in [5, 5.41) is 10.5. The molecule has 0 saturated carbocycles. The van der Waals surface area contributed by atoms with Crippen molar-refractivity contribution in [2.45, 2.75) is 25.3 Å². The van der Waals surface area contributed by atoms with Gasteiger partial charge in [-0.15, -0.1) is 0 Å². The van der Waals surface area contributed by atoms with Crippen molar-refractivity contribution in [3.63, 3.8) is 0 Å². The molecule has 4 heteroatoms. The molecule has 0 aliphatic carbocycles. The zero-order valence-corrected chi connectivity index (χ0v) is 11.8. The van der Waals surface area contributed by atoms with E-state index in [0.717, 1.165) is 12.2 Å². The number of likely N-dealkylation sites (tertiary alicyclic amines) is 1. The Morgan fingerprint density at radius 3 is 2.65 bits per heavy atom. The van der Waals surface area contributed by atoms with Gasteiger partial charge in [-0.05, 0) is 30.9 Å². The zero-order valence-electron chi connectivity index (χ0n) is 11.8. The van der Waals surface area contributed by atoms with E-state index in [2.05, 4.69) is 50.7 Å². The number of anilines is 1. The lowest BCUT2D eigenvalue weighted by Gasteiger charge is -2.32. The van der Waals surface area contributed by atoms with Gasteiger partial charge in [0.2, 0.25) is 0 Å². The molecule has 1 aromatic heterocycles. The second kappa shape index (κ2) is 6.57. The van der Waals surface area contributed by atoms with E-state index in [9.17, 15) is 0 Å². The van der Waals surface area contributed by atoms with Gasteiger partial charge in [0.15, 0.2) is 0 Å².